The Morgan fingerprint density at radius 2 is 1.75 bits per heavy atom. The summed E-state index contributed by atoms with van der Waals surface area (Å²) in [6, 6.07) is 7.50. The third kappa shape index (κ3) is 6.77. The quantitative estimate of drug-likeness (QED) is 0.876. The Morgan fingerprint density at radius 1 is 1.20 bits per heavy atom. The molecule has 0 amide bonds. The van der Waals surface area contributed by atoms with E-state index in [9.17, 15) is 8.42 Å². The maximum Gasteiger partial charge on any atom is 0.175 e. The molecule has 0 fully saturated rings. The van der Waals surface area contributed by atoms with Crippen LogP contribution in [0.15, 0.2) is 29.2 Å². The third-order valence-electron chi connectivity index (χ3n) is 2.77. The minimum Gasteiger partial charge on any atom is -0.309 e. The third-order valence-corrected chi connectivity index (χ3v) is 5.43. The first-order valence-electron chi connectivity index (χ1n) is 6.74. The Hall–Kier alpha value is -0.520. The minimum absolute atomic E-state index is 0.285. The summed E-state index contributed by atoms with van der Waals surface area (Å²) in [7, 11) is -3.10. The average molecular weight is 316 g/mol. The van der Waals surface area contributed by atoms with Crippen molar-refractivity contribution in [1.82, 2.24) is 5.32 Å². The zero-order valence-corrected chi connectivity index (χ0v) is 14.6. The maximum absolute atomic E-state index is 11.4. The highest BCUT2D eigenvalue weighted by atomic mass is 32.2. The van der Waals surface area contributed by atoms with Gasteiger partial charge in [-0.1, -0.05) is 32.9 Å². The van der Waals surface area contributed by atoms with Crippen molar-refractivity contribution in [2.75, 3.05) is 12.0 Å². The fourth-order valence-electron chi connectivity index (χ4n) is 1.58. The van der Waals surface area contributed by atoms with Crippen molar-refractivity contribution in [3.63, 3.8) is 0 Å². The molecule has 114 valence electrons. The van der Waals surface area contributed by atoms with Gasteiger partial charge < -0.3 is 5.32 Å². The lowest BCUT2D eigenvalue weighted by Crippen LogP contribution is -2.29. The first kappa shape index (κ1) is 17.5. The van der Waals surface area contributed by atoms with E-state index in [4.69, 9.17) is 0 Å². The fraction of sp³-hybridized carbons (Fsp3) is 0.600. The van der Waals surface area contributed by atoms with Crippen molar-refractivity contribution in [2.45, 2.75) is 49.9 Å². The molecule has 1 unspecified atom stereocenters. The minimum atomic E-state index is -3.10. The summed E-state index contributed by atoms with van der Waals surface area (Å²) in [5.74, 6) is 1.06. The van der Waals surface area contributed by atoms with E-state index in [1.807, 2.05) is 23.9 Å². The Balaban J connectivity index is 2.46. The van der Waals surface area contributed by atoms with Crippen molar-refractivity contribution in [3.05, 3.63) is 29.8 Å². The number of hydrogen-bond acceptors (Lipinski definition) is 4. The molecule has 0 aliphatic rings. The molecule has 1 atom stereocenters. The molecule has 1 aromatic carbocycles. The summed E-state index contributed by atoms with van der Waals surface area (Å²) in [4.78, 5) is 0.373. The van der Waals surface area contributed by atoms with E-state index in [-0.39, 0.29) is 4.75 Å². The van der Waals surface area contributed by atoms with Crippen LogP contribution in [0, 0.1) is 0 Å². The van der Waals surface area contributed by atoms with Gasteiger partial charge in [-0.3, -0.25) is 0 Å². The summed E-state index contributed by atoms with van der Waals surface area (Å²) < 4.78 is 23.0. The smallest absolute Gasteiger partial charge is 0.175 e. The molecule has 1 rings (SSSR count). The molecule has 0 spiro atoms. The van der Waals surface area contributed by atoms with Gasteiger partial charge in [-0.25, -0.2) is 8.42 Å². The lowest BCUT2D eigenvalue weighted by atomic mass is 10.2. The highest BCUT2D eigenvalue weighted by Gasteiger charge is 2.12. The first-order chi connectivity index (χ1) is 9.08. The van der Waals surface area contributed by atoms with E-state index in [0.717, 1.165) is 17.9 Å². The van der Waals surface area contributed by atoms with Crippen LogP contribution in [0.1, 0.15) is 33.3 Å². The van der Waals surface area contributed by atoms with Crippen LogP contribution in [-0.2, 0) is 16.4 Å². The molecular formula is C15H25NO2S2. The van der Waals surface area contributed by atoms with Gasteiger partial charge in [-0.05, 0) is 24.6 Å². The molecule has 0 aliphatic carbocycles. The topological polar surface area (TPSA) is 46.2 Å². The molecule has 1 N–H and O–H groups in total. The monoisotopic (exact) mass is 315 g/mol. The normalized spacial score (nSPS) is 14.2. The Kier molecular flexibility index (Phi) is 6.10. The van der Waals surface area contributed by atoms with Crippen LogP contribution >= 0.6 is 11.8 Å². The molecule has 0 bridgehead atoms. The van der Waals surface area contributed by atoms with Crippen molar-refractivity contribution in [1.29, 1.82) is 0 Å². The molecule has 3 nitrogen and oxygen atoms in total. The average Bonchev–Trinajstić information content (AvgIpc) is 2.32. The first-order valence-corrected chi connectivity index (χ1v) is 9.62. The van der Waals surface area contributed by atoms with Gasteiger partial charge in [0.15, 0.2) is 9.84 Å². The van der Waals surface area contributed by atoms with E-state index in [1.165, 1.54) is 6.26 Å². The molecule has 5 heteroatoms. The Morgan fingerprint density at radius 3 is 2.20 bits per heavy atom. The Bertz CT molecular complexity index is 516. The molecule has 0 aromatic heterocycles. The van der Waals surface area contributed by atoms with Crippen molar-refractivity contribution in [2.24, 2.45) is 0 Å². The highest BCUT2D eigenvalue weighted by molar-refractivity contribution is 8.00. The summed E-state index contributed by atoms with van der Waals surface area (Å²) in [5.41, 5.74) is 1.10. The molecule has 1 aromatic rings. The molecule has 0 saturated carbocycles. The van der Waals surface area contributed by atoms with Crippen LogP contribution in [0.5, 0.6) is 0 Å². The van der Waals surface area contributed by atoms with E-state index in [1.54, 1.807) is 12.1 Å². The van der Waals surface area contributed by atoms with E-state index in [0.29, 0.717) is 10.9 Å². The van der Waals surface area contributed by atoms with Gasteiger partial charge in [0.05, 0.1) is 4.90 Å². The molecule has 20 heavy (non-hydrogen) atoms. The van der Waals surface area contributed by atoms with Crippen molar-refractivity contribution < 1.29 is 8.42 Å². The zero-order valence-electron chi connectivity index (χ0n) is 12.9. The number of sulfone groups is 1. The predicted molar refractivity (Wildman–Crippen MR) is 88.1 cm³/mol. The predicted octanol–water partition coefficient (Wildman–Crippen LogP) is 3.10. The Labute approximate surface area is 127 Å². The van der Waals surface area contributed by atoms with Gasteiger partial charge in [-0.15, -0.1) is 0 Å². The van der Waals surface area contributed by atoms with Crippen LogP contribution in [0.2, 0.25) is 0 Å². The summed E-state index contributed by atoms with van der Waals surface area (Å²) >= 11 is 1.94. The number of hydrogen-bond donors (Lipinski definition) is 1. The van der Waals surface area contributed by atoms with E-state index < -0.39 is 9.84 Å². The van der Waals surface area contributed by atoms with Gasteiger partial charge in [0, 0.05) is 29.3 Å². The number of thioether (sulfide) groups is 1. The highest BCUT2D eigenvalue weighted by Crippen LogP contribution is 2.23. The van der Waals surface area contributed by atoms with Gasteiger partial charge >= 0.3 is 0 Å². The molecule has 0 radical (unpaired) electrons. The molecular weight excluding hydrogens is 290 g/mol. The second kappa shape index (κ2) is 6.96. The maximum atomic E-state index is 11.4. The fourth-order valence-corrected chi connectivity index (χ4v) is 3.08. The lowest BCUT2D eigenvalue weighted by molar-refractivity contribution is 0.592. The number of benzene rings is 1. The van der Waals surface area contributed by atoms with Crippen molar-refractivity contribution >= 4 is 21.6 Å². The zero-order chi connectivity index (χ0) is 15.4. The van der Waals surface area contributed by atoms with Crippen LogP contribution in [0.4, 0.5) is 0 Å². The van der Waals surface area contributed by atoms with Crippen LogP contribution in [0.25, 0.3) is 0 Å². The second-order valence-corrected chi connectivity index (χ2v) is 9.98. The summed E-state index contributed by atoms with van der Waals surface area (Å²) in [6.07, 6.45) is 1.23. The largest absolute Gasteiger partial charge is 0.309 e. The molecule has 0 aliphatic heterocycles. The summed E-state index contributed by atoms with van der Waals surface area (Å²) in [5, 5.41) is 3.46. The molecule has 0 saturated heterocycles. The number of nitrogens with one attached hydrogen (secondary N) is 1. The standard InChI is InChI=1S/C15H25NO2S2/c1-12(11-19-15(2,3)4)16-10-13-6-8-14(9-7-13)20(5,17)18/h6-9,12,16H,10-11H2,1-5H3. The van der Waals surface area contributed by atoms with Gasteiger partial charge in [0.2, 0.25) is 0 Å². The van der Waals surface area contributed by atoms with Crippen LogP contribution in [-0.4, -0.2) is 31.2 Å². The van der Waals surface area contributed by atoms with Crippen LogP contribution in [0.3, 0.4) is 0 Å². The lowest BCUT2D eigenvalue weighted by Gasteiger charge is -2.21. The van der Waals surface area contributed by atoms with Gasteiger partial charge in [0.1, 0.15) is 0 Å². The second-order valence-electron chi connectivity index (χ2n) is 6.12. The van der Waals surface area contributed by atoms with Gasteiger partial charge in [-0.2, -0.15) is 11.8 Å². The SMILES string of the molecule is CC(CSC(C)(C)C)NCc1ccc(S(C)(=O)=O)cc1. The number of rotatable bonds is 6. The van der Waals surface area contributed by atoms with Gasteiger partial charge in [0.25, 0.3) is 0 Å². The van der Waals surface area contributed by atoms with E-state index >= 15 is 0 Å². The van der Waals surface area contributed by atoms with Crippen LogP contribution < -0.4 is 5.32 Å². The summed E-state index contributed by atoms with van der Waals surface area (Å²) in [6.45, 7) is 9.58. The molecule has 0 heterocycles. The van der Waals surface area contributed by atoms with E-state index in [2.05, 4.69) is 33.0 Å². The van der Waals surface area contributed by atoms with Crippen molar-refractivity contribution in [3.8, 4) is 0 Å².